The summed E-state index contributed by atoms with van der Waals surface area (Å²) in [4.78, 5) is 26.5. The van der Waals surface area contributed by atoms with Crippen molar-refractivity contribution >= 4 is 34.9 Å². The van der Waals surface area contributed by atoms with Gasteiger partial charge in [0.1, 0.15) is 0 Å². The van der Waals surface area contributed by atoms with E-state index in [1.54, 1.807) is 14.0 Å². The quantitative estimate of drug-likeness (QED) is 0.755. The number of nitrogens with one attached hydrogen (secondary N) is 2. The Morgan fingerprint density at radius 2 is 2.18 bits per heavy atom. The minimum Gasteiger partial charge on any atom is -0.383 e. The van der Waals surface area contributed by atoms with Crippen LogP contribution >= 0.6 is 22.9 Å². The molecular formula is C14H22ClN3O3S. The van der Waals surface area contributed by atoms with E-state index in [1.807, 2.05) is 24.0 Å². The maximum atomic E-state index is 11.9. The van der Waals surface area contributed by atoms with Crippen molar-refractivity contribution < 1.29 is 14.3 Å². The van der Waals surface area contributed by atoms with Gasteiger partial charge in [0.2, 0.25) is 5.91 Å². The molecule has 1 atom stereocenters. The zero-order valence-electron chi connectivity index (χ0n) is 13.0. The van der Waals surface area contributed by atoms with Gasteiger partial charge in [-0.15, -0.1) is 11.3 Å². The average Bonchev–Trinajstić information content (AvgIpc) is 2.83. The number of imide groups is 1. The molecule has 1 heterocycles. The molecule has 124 valence electrons. The number of urea groups is 1. The third-order valence-electron chi connectivity index (χ3n) is 2.87. The number of nitrogens with zero attached hydrogens (tertiary/aromatic N) is 1. The fourth-order valence-corrected chi connectivity index (χ4v) is 2.99. The minimum absolute atomic E-state index is 0.151. The summed E-state index contributed by atoms with van der Waals surface area (Å²) < 4.78 is 5.64. The van der Waals surface area contributed by atoms with Gasteiger partial charge in [0.15, 0.2) is 0 Å². The number of carbonyl (C=O) groups excluding carboxylic acids is 2. The van der Waals surface area contributed by atoms with Crippen LogP contribution in [0.5, 0.6) is 0 Å². The lowest BCUT2D eigenvalue weighted by atomic mass is 10.3. The molecule has 0 aliphatic heterocycles. The lowest BCUT2D eigenvalue weighted by molar-refractivity contribution is -0.121. The van der Waals surface area contributed by atoms with Crippen LogP contribution in [0.25, 0.3) is 0 Å². The fraction of sp³-hybridized carbons (Fsp3) is 0.571. The van der Waals surface area contributed by atoms with Gasteiger partial charge in [-0.1, -0.05) is 18.5 Å². The van der Waals surface area contributed by atoms with E-state index < -0.39 is 6.03 Å². The monoisotopic (exact) mass is 347 g/mol. The number of hydrogen-bond acceptors (Lipinski definition) is 5. The third-order valence-corrected chi connectivity index (χ3v) is 4.09. The van der Waals surface area contributed by atoms with Gasteiger partial charge < -0.3 is 10.1 Å². The third kappa shape index (κ3) is 7.22. The molecule has 3 amide bonds. The predicted octanol–water partition coefficient (Wildman–Crippen LogP) is 2.08. The van der Waals surface area contributed by atoms with E-state index in [2.05, 4.69) is 10.6 Å². The second-order valence-electron chi connectivity index (χ2n) is 4.89. The Labute approximate surface area is 139 Å². The van der Waals surface area contributed by atoms with Crippen LogP contribution in [-0.4, -0.2) is 49.7 Å². The Morgan fingerprint density at radius 3 is 2.73 bits per heavy atom. The van der Waals surface area contributed by atoms with Crippen molar-refractivity contribution in [3.63, 3.8) is 0 Å². The number of hydrogen-bond donors (Lipinski definition) is 2. The second kappa shape index (κ2) is 9.78. The molecule has 1 rings (SSSR count). The van der Waals surface area contributed by atoms with Gasteiger partial charge in [0, 0.05) is 18.5 Å². The summed E-state index contributed by atoms with van der Waals surface area (Å²) in [5.41, 5.74) is 0. The number of carbonyl (C=O) groups is 2. The van der Waals surface area contributed by atoms with Gasteiger partial charge in [0.25, 0.3) is 0 Å². The standard InChI is InChI=1S/C14H22ClN3O3S/c1-4-18(7-11-5-6-12(15)22-11)8-13(19)17-14(20)16-10(2)9-21-3/h5-6,10H,4,7-9H2,1-3H3,(H2,16,17,19,20). The number of ether oxygens (including phenoxy) is 1. The highest BCUT2D eigenvalue weighted by atomic mass is 35.5. The van der Waals surface area contributed by atoms with Crippen molar-refractivity contribution in [1.82, 2.24) is 15.5 Å². The molecule has 1 aromatic rings. The summed E-state index contributed by atoms with van der Waals surface area (Å²) in [6.45, 7) is 5.63. The molecule has 0 saturated heterocycles. The fourth-order valence-electron chi connectivity index (χ4n) is 1.86. The molecule has 0 spiro atoms. The minimum atomic E-state index is -0.509. The molecule has 1 unspecified atom stereocenters. The number of likely N-dealkylation sites (N-methyl/N-ethyl adjacent to an activating group) is 1. The molecule has 8 heteroatoms. The SMILES string of the molecule is CCN(CC(=O)NC(=O)NC(C)COC)Cc1ccc(Cl)s1. The summed E-state index contributed by atoms with van der Waals surface area (Å²) >= 11 is 7.38. The van der Waals surface area contributed by atoms with E-state index in [4.69, 9.17) is 16.3 Å². The first-order valence-corrected chi connectivity index (χ1v) is 8.19. The molecule has 0 aliphatic rings. The highest BCUT2D eigenvalue weighted by molar-refractivity contribution is 7.16. The molecule has 6 nitrogen and oxygen atoms in total. The largest absolute Gasteiger partial charge is 0.383 e. The molecule has 0 aromatic carbocycles. The van der Waals surface area contributed by atoms with Crippen molar-refractivity contribution in [3.05, 3.63) is 21.3 Å². The summed E-state index contributed by atoms with van der Waals surface area (Å²) in [5.74, 6) is -0.341. The first-order chi connectivity index (χ1) is 10.4. The maximum Gasteiger partial charge on any atom is 0.321 e. The van der Waals surface area contributed by atoms with Crippen molar-refractivity contribution in [2.75, 3.05) is 26.8 Å². The van der Waals surface area contributed by atoms with Crippen LogP contribution in [-0.2, 0) is 16.1 Å². The molecule has 0 saturated carbocycles. The lowest BCUT2D eigenvalue weighted by Crippen LogP contribution is -2.47. The molecule has 0 radical (unpaired) electrons. The van der Waals surface area contributed by atoms with Gasteiger partial charge in [-0.3, -0.25) is 15.0 Å². The highest BCUT2D eigenvalue weighted by Gasteiger charge is 2.14. The Morgan fingerprint density at radius 1 is 1.45 bits per heavy atom. The number of thiophene rings is 1. The van der Waals surface area contributed by atoms with Gasteiger partial charge in [-0.25, -0.2) is 4.79 Å². The Balaban J connectivity index is 2.39. The summed E-state index contributed by atoms with van der Waals surface area (Å²) in [7, 11) is 1.55. The van der Waals surface area contributed by atoms with Crippen LogP contribution in [0.1, 0.15) is 18.7 Å². The maximum absolute atomic E-state index is 11.9. The van der Waals surface area contributed by atoms with Crippen molar-refractivity contribution in [2.24, 2.45) is 0 Å². The number of halogens is 1. The summed E-state index contributed by atoms with van der Waals surface area (Å²) in [6.07, 6.45) is 0. The number of methoxy groups -OCH3 is 1. The van der Waals surface area contributed by atoms with Crippen molar-refractivity contribution in [2.45, 2.75) is 26.4 Å². The Kier molecular flexibility index (Phi) is 8.40. The highest BCUT2D eigenvalue weighted by Crippen LogP contribution is 2.22. The van der Waals surface area contributed by atoms with Gasteiger partial charge in [0.05, 0.1) is 23.5 Å². The van der Waals surface area contributed by atoms with E-state index in [-0.39, 0.29) is 18.5 Å². The van der Waals surface area contributed by atoms with E-state index >= 15 is 0 Å². The van der Waals surface area contributed by atoms with Crippen molar-refractivity contribution in [1.29, 1.82) is 0 Å². The van der Waals surface area contributed by atoms with E-state index in [0.29, 0.717) is 19.7 Å². The van der Waals surface area contributed by atoms with Gasteiger partial charge >= 0.3 is 6.03 Å². The van der Waals surface area contributed by atoms with Crippen LogP contribution in [0.15, 0.2) is 12.1 Å². The number of rotatable bonds is 8. The first kappa shape index (κ1) is 18.9. The smallest absolute Gasteiger partial charge is 0.321 e. The molecule has 0 bridgehead atoms. The second-order valence-corrected chi connectivity index (χ2v) is 6.69. The number of amides is 3. The lowest BCUT2D eigenvalue weighted by Gasteiger charge is -2.19. The molecule has 0 fully saturated rings. The topological polar surface area (TPSA) is 70.7 Å². The first-order valence-electron chi connectivity index (χ1n) is 7.00. The van der Waals surface area contributed by atoms with Crippen LogP contribution in [0.3, 0.4) is 0 Å². The normalized spacial score (nSPS) is 12.2. The van der Waals surface area contributed by atoms with E-state index in [1.165, 1.54) is 11.3 Å². The van der Waals surface area contributed by atoms with Crippen LogP contribution < -0.4 is 10.6 Å². The van der Waals surface area contributed by atoms with E-state index in [0.717, 1.165) is 9.21 Å². The summed E-state index contributed by atoms with van der Waals surface area (Å²) in [6, 6.07) is 3.10. The summed E-state index contributed by atoms with van der Waals surface area (Å²) in [5, 5.41) is 4.94. The predicted molar refractivity (Wildman–Crippen MR) is 88.3 cm³/mol. The Bertz CT molecular complexity index is 495. The van der Waals surface area contributed by atoms with Crippen LogP contribution in [0.2, 0.25) is 4.34 Å². The Hall–Kier alpha value is -1.15. The van der Waals surface area contributed by atoms with Crippen LogP contribution in [0.4, 0.5) is 4.79 Å². The van der Waals surface area contributed by atoms with Gasteiger partial charge in [-0.2, -0.15) is 0 Å². The van der Waals surface area contributed by atoms with Crippen LogP contribution in [0, 0.1) is 0 Å². The molecule has 22 heavy (non-hydrogen) atoms. The van der Waals surface area contributed by atoms with Gasteiger partial charge in [-0.05, 0) is 25.6 Å². The molecule has 0 aliphatic carbocycles. The zero-order chi connectivity index (χ0) is 16.5. The zero-order valence-corrected chi connectivity index (χ0v) is 14.6. The molecular weight excluding hydrogens is 326 g/mol. The average molecular weight is 348 g/mol. The van der Waals surface area contributed by atoms with Crippen molar-refractivity contribution in [3.8, 4) is 0 Å². The molecule has 2 N–H and O–H groups in total. The van der Waals surface area contributed by atoms with E-state index in [9.17, 15) is 9.59 Å². The molecule has 1 aromatic heterocycles.